The predicted octanol–water partition coefficient (Wildman–Crippen LogP) is -0.252. The minimum atomic E-state index is -1.10. The molecule has 2 N–H and O–H groups in total. The van der Waals surface area contributed by atoms with Crippen molar-refractivity contribution in [2.24, 2.45) is 0 Å². The molecule has 1 aromatic rings. The maximum absolute atomic E-state index is 11.9. The summed E-state index contributed by atoms with van der Waals surface area (Å²) in [5, 5.41) is 19.2. The van der Waals surface area contributed by atoms with Gasteiger partial charge in [-0.25, -0.2) is 9.48 Å². The lowest BCUT2D eigenvalue weighted by molar-refractivity contribution is -0.136. The van der Waals surface area contributed by atoms with Crippen LogP contribution >= 0.6 is 0 Å². The summed E-state index contributed by atoms with van der Waals surface area (Å²) in [5.74, 6) is -1.04. The Balaban J connectivity index is 1.78. The van der Waals surface area contributed by atoms with Gasteiger partial charge < -0.3 is 15.3 Å². The number of nitrogens with zero attached hydrogens (tertiary/aromatic N) is 4. The molecule has 0 radical (unpaired) electrons. The van der Waals surface area contributed by atoms with Crippen LogP contribution in [0.4, 0.5) is 0 Å². The molecule has 2 heterocycles. The van der Waals surface area contributed by atoms with Gasteiger partial charge in [0, 0.05) is 19.1 Å². The van der Waals surface area contributed by atoms with Gasteiger partial charge in [0.15, 0.2) is 5.69 Å². The minimum Gasteiger partial charge on any atom is -0.476 e. The molecule has 1 saturated heterocycles. The molecule has 1 fully saturated rings. The van der Waals surface area contributed by atoms with E-state index in [2.05, 4.69) is 22.6 Å². The minimum absolute atomic E-state index is 0.0168. The van der Waals surface area contributed by atoms with Crippen molar-refractivity contribution in [3.8, 4) is 0 Å². The van der Waals surface area contributed by atoms with Crippen molar-refractivity contribution in [1.29, 1.82) is 0 Å². The lowest BCUT2D eigenvalue weighted by atomic mass is 10.1. The monoisotopic (exact) mass is 281 g/mol. The van der Waals surface area contributed by atoms with Crippen molar-refractivity contribution in [1.82, 2.24) is 25.2 Å². The molecule has 0 aromatic carbocycles. The third-order valence-corrected chi connectivity index (χ3v) is 3.53. The summed E-state index contributed by atoms with van der Waals surface area (Å²) in [6.45, 7) is 5.52. The second kappa shape index (κ2) is 6.00. The second-order valence-corrected chi connectivity index (χ2v) is 5.03. The normalized spacial score (nSPS) is 16.8. The number of hydrogen-bond acceptors (Lipinski definition) is 5. The molecule has 8 nitrogen and oxygen atoms in total. The fraction of sp³-hybridized carbons (Fsp3) is 0.667. The molecule has 0 saturated carbocycles. The zero-order chi connectivity index (χ0) is 14.7. The van der Waals surface area contributed by atoms with Gasteiger partial charge in [0.05, 0.1) is 18.8 Å². The van der Waals surface area contributed by atoms with Crippen LogP contribution < -0.4 is 5.32 Å². The summed E-state index contributed by atoms with van der Waals surface area (Å²) < 4.78 is 1.51. The molecule has 2 rings (SSSR count). The van der Waals surface area contributed by atoms with Crippen molar-refractivity contribution < 1.29 is 14.7 Å². The molecule has 8 heteroatoms. The van der Waals surface area contributed by atoms with Crippen LogP contribution in [0.25, 0.3) is 0 Å². The van der Waals surface area contributed by atoms with Gasteiger partial charge in [0.1, 0.15) is 0 Å². The Morgan fingerprint density at radius 3 is 2.80 bits per heavy atom. The van der Waals surface area contributed by atoms with Crippen LogP contribution in [-0.2, 0) is 4.79 Å². The Bertz CT molecular complexity index is 495. The summed E-state index contributed by atoms with van der Waals surface area (Å²) in [6, 6.07) is 0.340. The number of amides is 1. The molecule has 0 bridgehead atoms. The predicted molar refractivity (Wildman–Crippen MR) is 70.4 cm³/mol. The quantitative estimate of drug-likeness (QED) is 0.745. The van der Waals surface area contributed by atoms with Crippen LogP contribution in [0.3, 0.4) is 0 Å². The summed E-state index contributed by atoms with van der Waals surface area (Å²) in [7, 11) is 0. The Kier molecular flexibility index (Phi) is 4.33. The number of nitrogens with one attached hydrogen (secondary N) is 1. The van der Waals surface area contributed by atoms with E-state index in [0.717, 1.165) is 6.42 Å². The fourth-order valence-corrected chi connectivity index (χ4v) is 1.90. The van der Waals surface area contributed by atoms with Crippen molar-refractivity contribution in [2.45, 2.75) is 32.4 Å². The molecule has 1 aromatic heterocycles. The molecule has 0 spiro atoms. The molecule has 1 atom stereocenters. The molecular formula is C12H19N5O3. The smallest absolute Gasteiger partial charge is 0.358 e. The molecule has 0 aliphatic carbocycles. The average Bonchev–Trinajstić information content (AvgIpc) is 2.83. The van der Waals surface area contributed by atoms with Crippen molar-refractivity contribution in [3.05, 3.63) is 11.9 Å². The molecule has 1 unspecified atom stereocenters. The number of aromatic carboxylic acids is 1. The lowest BCUT2D eigenvalue weighted by Gasteiger charge is -2.39. The number of carbonyl (C=O) groups excluding carboxylic acids is 1. The highest BCUT2D eigenvalue weighted by Gasteiger charge is 2.32. The number of carboxylic acids is 1. The highest BCUT2D eigenvalue weighted by Crippen LogP contribution is 2.20. The Labute approximate surface area is 116 Å². The van der Waals surface area contributed by atoms with Gasteiger partial charge in [-0.05, 0) is 13.3 Å². The van der Waals surface area contributed by atoms with E-state index in [1.54, 1.807) is 4.90 Å². The van der Waals surface area contributed by atoms with Crippen molar-refractivity contribution in [2.75, 3.05) is 19.6 Å². The van der Waals surface area contributed by atoms with Crippen molar-refractivity contribution >= 4 is 11.9 Å². The summed E-state index contributed by atoms with van der Waals surface area (Å²) in [5.41, 5.74) is -0.0757. The first-order chi connectivity index (χ1) is 9.51. The van der Waals surface area contributed by atoms with Gasteiger partial charge in [0.25, 0.3) is 0 Å². The van der Waals surface area contributed by atoms with Gasteiger partial charge in [-0.1, -0.05) is 12.1 Å². The van der Waals surface area contributed by atoms with E-state index in [1.807, 2.05) is 6.92 Å². The second-order valence-electron chi connectivity index (χ2n) is 5.03. The van der Waals surface area contributed by atoms with Gasteiger partial charge in [0.2, 0.25) is 5.91 Å². The number of carbonyl (C=O) groups is 2. The zero-order valence-corrected chi connectivity index (χ0v) is 11.6. The zero-order valence-electron chi connectivity index (χ0n) is 11.6. The Hall–Kier alpha value is -1.96. The van der Waals surface area contributed by atoms with Crippen LogP contribution in [0.1, 0.15) is 36.8 Å². The topological polar surface area (TPSA) is 100 Å². The van der Waals surface area contributed by atoms with E-state index >= 15 is 0 Å². The summed E-state index contributed by atoms with van der Waals surface area (Å²) >= 11 is 0. The first kappa shape index (κ1) is 14.4. The largest absolute Gasteiger partial charge is 0.476 e. The number of likely N-dealkylation sites (tertiary alicyclic amines) is 1. The highest BCUT2D eigenvalue weighted by molar-refractivity contribution is 5.84. The molecule has 1 amide bonds. The standard InChI is InChI=1S/C12H19N5O3/c1-3-8(2)13-4-11(18)16-5-9(6-16)17-7-10(12(19)20)14-15-17/h7-9,13H,3-6H2,1-2H3,(H,19,20). The summed E-state index contributed by atoms with van der Waals surface area (Å²) in [4.78, 5) is 24.3. The third kappa shape index (κ3) is 3.13. The van der Waals surface area contributed by atoms with Crippen molar-refractivity contribution in [3.63, 3.8) is 0 Å². The number of hydrogen-bond donors (Lipinski definition) is 2. The molecule has 1 aliphatic heterocycles. The molecule has 110 valence electrons. The van der Waals surface area contributed by atoms with Crippen LogP contribution in [0.2, 0.25) is 0 Å². The van der Waals surface area contributed by atoms with E-state index in [9.17, 15) is 9.59 Å². The van der Waals surface area contributed by atoms with Gasteiger partial charge in [-0.15, -0.1) is 5.10 Å². The SMILES string of the molecule is CCC(C)NCC(=O)N1CC(n2cc(C(=O)O)nn2)C1. The Morgan fingerprint density at radius 2 is 2.25 bits per heavy atom. The van der Waals surface area contributed by atoms with E-state index in [-0.39, 0.29) is 17.6 Å². The molecule has 1 aliphatic rings. The third-order valence-electron chi connectivity index (χ3n) is 3.53. The maximum atomic E-state index is 11.9. The van der Waals surface area contributed by atoms with Gasteiger partial charge in [-0.3, -0.25) is 4.79 Å². The number of carboxylic acid groups (broad SMARTS) is 1. The van der Waals surface area contributed by atoms with E-state index in [4.69, 9.17) is 5.11 Å². The highest BCUT2D eigenvalue weighted by atomic mass is 16.4. The van der Waals surface area contributed by atoms with Crippen LogP contribution in [0.15, 0.2) is 6.20 Å². The van der Waals surface area contributed by atoms with Crippen LogP contribution in [0.5, 0.6) is 0 Å². The lowest BCUT2D eigenvalue weighted by Crippen LogP contribution is -2.53. The maximum Gasteiger partial charge on any atom is 0.358 e. The average molecular weight is 281 g/mol. The Morgan fingerprint density at radius 1 is 1.55 bits per heavy atom. The van der Waals surface area contributed by atoms with Gasteiger partial charge in [-0.2, -0.15) is 0 Å². The van der Waals surface area contributed by atoms with E-state index in [1.165, 1.54) is 10.9 Å². The molecule has 20 heavy (non-hydrogen) atoms. The number of rotatable bonds is 6. The number of aromatic nitrogens is 3. The van der Waals surface area contributed by atoms with Gasteiger partial charge >= 0.3 is 5.97 Å². The first-order valence-electron chi connectivity index (χ1n) is 6.67. The fourth-order valence-electron chi connectivity index (χ4n) is 1.90. The van der Waals surface area contributed by atoms with E-state index < -0.39 is 5.97 Å². The van der Waals surface area contributed by atoms with Crippen LogP contribution in [0, 0.1) is 0 Å². The molecular weight excluding hydrogens is 262 g/mol. The first-order valence-corrected chi connectivity index (χ1v) is 6.67. The van der Waals surface area contributed by atoms with E-state index in [0.29, 0.717) is 25.7 Å². The summed E-state index contributed by atoms with van der Waals surface area (Å²) in [6.07, 6.45) is 2.37. The van der Waals surface area contributed by atoms with Crippen LogP contribution in [-0.4, -0.2) is 62.6 Å².